The van der Waals surface area contributed by atoms with E-state index in [1.165, 1.54) is 12.4 Å². The van der Waals surface area contributed by atoms with Crippen LogP contribution >= 0.6 is 0 Å². The molecule has 8 nitrogen and oxygen atoms in total. The molecule has 0 bridgehead atoms. The van der Waals surface area contributed by atoms with Crippen LogP contribution in [-0.2, 0) is 13.0 Å². The van der Waals surface area contributed by atoms with Crippen LogP contribution in [0.3, 0.4) is 0 Å². The number of nitrogen functional groups attached to an aromatic ring is 1. The lowest BCUT2D eigenvalue weighted by Crippen LogP contribution is -2.09. The highest BCUT2D eigenvalue weighted by Crippen LogP contribution is 2.17. The largest absolute Gasteiger partial charge is 0.463 e. The average Bonchev–Trinajstić information content (AvgIpc) is 3.28. The fraction of sp³-hybridized carbons (Fsp3) is 0.0952. The molecule has 8 heteroatoms. The maximum absolute atomic E-state index is 12.6. The molecule has 0 aromatic carbocycles. The van der Waals surface area contributed by atoms with Gasteiger partial charge in [-0.1, -0.05) is 0 Å². The number of nitrogens with one attached hydrogen (secondary N) is 1. The first-order valence-corrected chi connectivity index (χ1v) is 8.96. The van der Waals surface area contributed by atoms with Gasteiger partial charge in [0.25, 0.3) is 0 Å². The number of rotatable bonds is 7. The fourth-order valence-electron chi connectivity index (χ4n) is 2.79. The normalized spacial score (nSPS) is 10.6. The molecule has 4 aromatic rings. The van der Waals surface area contributed by atoms with E-state index in [2.05, 4.69) is 25.3 Å². The standard InChI is InChI=1S/C21H18N6O2/c22-21-16(3-1-6-24-21)25-11-15-9-14(5-7-23-15)10-19(28)17-12-27-18(13-26-17)20-4-2-8-29-20/h1-9,12-13,25H,10-11H2,(H2,22,24). The molecule has 0 saturated carbocycles. The lowest BCUT2D eigenvalue weighted by molar-refractivity contribution is 0.0988. The van der Waals surface area contributed by atoms with Crippen molar-refractivity contribution in [2.75, 3.05) is 11.1 Å². The third-order valence-corrected chi connectivity index (χ3v) is 4.26. The number of nitrogens with two attached hydrogens (primary N) is 1. The summed E-state index contributed by atoms with van der Waals surface area (Å²) in [5.41, 5.74) is 9.09. The maximum atomic E-state index is 12.6. The number of nitrogens with zero attached hydrogens (tertiary/aromatic N) is 4. The molecule has 0 unspecified atom stereocenters. The summed E-state index contributed by atoms with van der Waals surface area (Å²) in [4.78, 5) is 29.4. The predicted molar refractivity (Wildman–Crippen MR) is 108 cm³/mol. The molecular weight excluding hydrogens is 368 g/mol. The molecular formula is C21H18N6O2. The third kappa shape index (κ3) is 4.44. The van der Waals surface area contributed by atoms with Gasteiger partial charge in [-0.25, -0.2) is 15.0 Å². The van der Waals surface area contributed by atoms with Gasteiger partial charge in [0.2, 0.25) is 0 Å². The van der Waals surface area contributed by atoms with E-state index in [0.717, 1.165) is 16.9 Å². The number of aromatic nitrogens is 4. The zero-order valence-corrected chi connectivity index (χ0v) is 15.4. The van der Waals surface area contributed by atoms with Gasteiger partial charge in [0, 0.05) is 18.8 Å². The Morgan fingerprint density at radius 3 is 2.72 bits per heavy atom. The number of hydrogen-bond donors (Lipinski definition) is 2. The summed E-state index contributed by atoms with van der Waals surface area (Å²) in [6.07, 6.45) is 8.09. The van der Waals surface area contributed by atoms with E-state index in [9.17, 15) is 4.79 Å². The quantitative estimate of drug-likeness (QED) is 0.465. The highest BCUT2D eigenvalue weighted by atomic mass is 16.3. The number of carbonyl (C=O) groups is 1. The van der Waals surface area contributed by atoms with Crippen molar-refractivity contribution in [2.45, 2.75) is 13.0 Å². The van der Waals surface area contributed by atoms with Crippen molar-refractivity contribution in [3.05, 3.63) is 84.4 Å². The van der Waals surface area contributed by atoms with E-state index in [1.807, 2.05) is 18.2 Å². The Hall–Kier alpha value is -4.07. The Morgan fingerprint density at radius 1 is 1.03 bits per heavy atom. The first kappa shape index (κ1) is 18.3. The number of ketones is 1. The molecule has 144 valence electrons. The van der Waals surface area contributed by atoms with Crippen molar-refractivity contribution in [2.24, 2.45) is 0 Å². The summed E-state index contributed by atoms with van der Waals surface area (Å²) in [7, 11) is 0. The smallest absolute Gasteiger partial charge is 0.187 e. The van der Waals surface area contributed by atoms with Crippen LogP contribution < -0.4 is 11.1 Å². The SMILES string of the molecule is Nc1ncccc1NCc1cc(CC(=O)c2cnc(-c3ccco3)cn2)ccn1. The van der Waals surface area contributed by atoms with Crippen molar-refractivity contribution in [1.29, 1.82) is 0 Å². The fourth-order valence-corrected chi connectivity index (χ4v) is 2.79. The molecule has 0 fully saturated rings. The minimum atomic E-state index is -0.120. The van der Waals surface area contributed by atoms with E-state index in [4.69, 9.17) is 10.2 Å². The van der Waals surface area contributed by atoms with Crippen LogP contribution in [0.15, 0.2) is 71.9 Å². The minimum Gasteiger partial charge on any atom is -0.463 e. The molecule has 0 radical (unpaired) electrons. The molecule has 0 spiro atoms. The topological polar surface area (TPSA) is 120 Å². The van der Waals surface area contributed by atoms with Gasteiger partial charge in [-0.2, -0.15) is 0 Å². The Bertz CT molecular complexity index is 1110. The van der Waals surface area contributed by atoms with Gasteiger partial charge in [0.15, 0.2) is 11.5 Å². The van der Waals surface area contributed by atoms with E-state index < -0.39 is 0 Å². The van der Waals surface area contributed by atoms with Crippen LogP contribution in [-0.4, -0.2) is 25.7 Å². The molecule has 4 rings (SSSR count). The van der Waals surface area contributed by atoms with Gasteiger partial charge >= 0.3 is 0 Å². The molecule has 29 heavy (non-hydrogen) atoms. The summed E-state index contributed by atoms with van der Waals surface area (Å²) in [6, 6.07) is 10.9. The summed E-state index contributed by atoms with van der Waals surface area (Å²) in [5.74, 6) is 0.914. The second-order valence-electron chi connectivity index (χ2n) is 6.31. The van der Waals surface area contributed by atoms with E-state index in [-0.39, 0.29) is 12.2 Å². The second kappa shape index (κ2) is 8.30. The highest BCUT2D eigenvalue weighted by Gasteiger charge is 2.11. The van der Waals surface area contributed by atoms with Crippen LogP contribution in [0.1, 0.15) is 21.7 Å². The Morgan fingerprint density at radius 2 is 1.97 bits per heavy atom. The van der Waals surface area contributed by atoms with E-state index in [0.29, 0.717) is 29.5 Å². The average molecular weight is 386 g/mol. The van der Waals surface area contributed by atoms with E-state index in [1.54, 1.807) is 36.9 Å². The summed E-state index contributed by atoms with van der Waals surface area (Å²) < 4.78 is 5.28. The van der Waals surface area contributed by atoms with Crippen molar-refractivity contribution in [3.8, 4) is 11.5 Å². The monoisotopic (exact) mass is 386 g/mol. The van der Waals surface area contributed by atoms with Crippen molar-refractivity contribution in [3.63, 3.8) is 0 Å². The van der Waals surface area contributed by atoms with E-state index >= 15 is 0 Å². The lowest BCUT2D eigenvalue weighted by atomic mass is 10.1. The Labute approximate surface area is 166 Å². The summed E-state index contributed by atoms with van der Waals surface area (Å²) in [5, 5.41) is 3.19. The van der Waals surface area contributed by atoms with Gasteiger partial charge in [-0.15, -0.1) is 0 Å². The van der Waals surface area contributed by atoms with Gasteiger partial charge in [0.1, 0.15) is 17.2 Å². The molecule has 0 aliphatic rings. The summed E-state index contributed by atoms with van der Waals surface area (Å²) in [6.45, 7) is 0.468. The molecule has 3 N–H and O–H groups in total. The van der Waals surface area contributed by atoms with Crippen LogP contribution in [0, 0.1) is 0 Å². The highest BCUT2D eigenvalue weighted by molar-refractivity contribution is 5.95. The zero-order chi connectivity index (χ0) is 20.1. The molecule has 0 atom stereocenters. The zero-order valence-electron chi connectivity index (χ0n) is 15.4. The number of anilines is 2. The number of Topliss-reactive ketones (excluding diaryl/α,β-unsaturated/α-hetero) is 1. The van der Waals surface area contributed by atoms with Crippen LogP contribution in [0.2, 0.25) is 0 Å². The Kier molecular flexibility index (Phi) is 5.24. The second-order valence-corrected chi connectivity index (χ2v) is 6.31. The summed E-state index contributed by atoms with van der Waals surface area (Å²) >= 11 is 0. The van der Waals surface area contributed by atoms with Gasteiger partial charge < -0.3 is 15.5 Å². The van der Waals surface area contributed by atoms with Gasteiger partial charge in [-0.05, 0) is 42.0 Å². The number of furan rings is 1. The number of carbonyl (C=O) groups excluding carboxylic acids is 1. The van der Waals surface area contributed by atoms with Crippen LogP contribution in [0.5, 0.6) is 0 Å². The van der Waals surface area contributed by atoms with Crippen molar-refractivity contribution >= 4 is 17.3 Å². The molecule has 0 aliphatic heterocycles. The predicted octanol–water partition coefficient (Wildman–Crippen LogP) is 3.15. The molecule has 4 aromatic heterocycles. The molecule has 0 saturated heterocycles. The van der Waals surface area contributed by atoms with Crippen molar-refractivity contribution in [1.82, 2.24) is 19.9 Å². The number of pyridine rings is 2. The van der Waals surface area contributed by atoms with Gasteiger partial charge in [-0.3, -0.25) is 9.78 Å². The Balaban J connectivity index is 1.41. The minimum absolute atomic E-state index is 0.120. The maximum Gasteiger partial charge on any atom is 0.187 e. The first-order valence-electron chi connectivity index (χ1n) is 8.96. The van der Waals surface area contributed by atoms with Gasteiger partial charge in [0.05, 0.1) is 36.6 Å². The molecule has 0 amide bonds. The molecule has 0 aliphatic carbocycles. The number of hydrogen-bond acceptors (Lipinski definition) is 8. The lowest BCUT2D eigenvalue weighted by Gasteiger charge is -2.09. The molecule has 4 heterocycles. The third-order valence-electron chi connectivity index (χ3n) is 4.26. The van der Waals surface area contributed by atoms with Crippen molar-refractivity contribution < 1.29 is 9.21 Å². The first-order chi connectivity index (χ1) is 14.2. The van der Waals surface area contributed by atoms with Crippen LogP contribution in [0.25, 0.3) is 11.5 Å². The van der Waals surface area contributed by atoms with Crippen LogP contribution in [0.4, 0.5) is 11.5 Å².